The molecule has 1 N–H and O–H groups in total. The molecule has 36 heavy (non-hydrogen) atoms. The van der Waals surface area contributed by atoms with Crippen molar-refractivity contribution in [3.63, 3.8) is 0 Å². The van der Waals surface area contributed by atoms with Gasteiger partial charge in [0.25, 0.3) is 5.56 Å². The molecule has 0 saturated carbocycles. The van der Waals surface area contributed by atoms with Gasteiger partial charge in [0.05, 0.1) is 34.8 Å². The number of rotatable bonds is 3. The van der Waals surface area contributed by atoms with Crippen molar-refractivity contribution >= 4 is 27.5 Å². The van der Waals surface area contributed by atoms with Gasteiger partial charge in [0.2, 0.25) is 0 Å². The number of hydrogen-bond acceptors (Lipinski definition) is 5. The third-order valence-electron chi connectivity index (χ3n) is 6.57. The molecule has 0 amide bonds. The standard InChI is InChI=1S/C27H21F3N4O2/c28-27(29,30)22-14-20(3-5-24(22)33-10-8-31-9-11-33)34-25(35)6-2-18-15-32-23-4-1-17(13-21(23)26(18)34)19-7-12-36-16-19/h1-7,12-16,31H,8-11H2. The molecule has 0 aliphatic carbocycles. The molecule has 0 atom stereocenters. The minimum atomic E-state index is -4.58. The molecule has 9 heteroatoms. The van der Waals surface area contributed by atoms with Gasteiger partial charge in [0.15, 0.2) is 0 Å². The van der Waals surface area contributed by atoms with E-state index in [4.69, 9.17) is 4.42 Å². The number of furan rings is 1. The van der Waals surface area contributed by atoms with E-state index in [1.807, 2.05) is 24.3 Å². The molecular formula is C27H21F3N4O2. The normalized spacial score (nSPS) is 14.6. The van der Waals surface area contributed by atoms with E-state index in [0.29, 0.717) is 48.0 Å². The molecule has 6 rings (SSSR count). The third-order valence-corrected chi connectivity index (χ3v) is 6.57. The van der Waals surface area contributed by atoms with Crippen LogP contribution in [0.25, 0.3) is 38.6 Å². The summed E-state index contributed by atoms with van der Waals surface area (Å²) in [6.45, 7) is 2.17. The Labute approximate surface area is 203 Å². The first-order valence-corrected chi connectivity index (χ1v) is 11.5. The van der Waals surface area contributed by atoms with Gasteiger partial charge in [-0.15, -0.1) is 0 Å². The molecule has 5 aromatic rings. The summed E-state index contributed by atoms with van der Waals surface area (Å²) in [6, 6.07) is 14.5. The number of halogens is 3. The Balaban J connectivity index is 1.61. The zero-order chi connectivity index (χ0) is 24.9. The summed E-state index contributed by atoms with van der Waals surface area (Å²) in [4.78, 5) is 19.4. The summed E-state index contributed by atoms with van der Waals surface area (Å²) in [5.41, 5.74) is 1.91. The Kier molecular flexibility index (Phi) is 5.30. The maximum Gasteiger partial charge on any atom is 0.418 e. The Morgan fingerprint density at radius 2 is 1.78 bits per heavy atom. The van der Waals surface area contributed by atoms with Gasteiger partial charge < -0.3 is 14.6 Å². The summed E-state index contributed by atoms with van der Waals surface area (Å²) in [5.74, 6) is 0. The van der Waals surface area contributed by atoms with Crippen LogP contribution in [0.15, 0.2) is 82.5 Å². The fourth-order valence-corrected chi connectivity index (χ4v) is 4.85. The van der Waals surface area contributed by atoms with Crippen LogP contribution < -0.4 is 15.8 Å². The number of nitrogens with zero attached hydrogens (tertiary/aromatic N) is 3. The molecule has 4 heterocycles. The highest BCUT2D eigenvalue weighted by Gasteiger charge is 2.36. The summed E-state index contributed by atoms with van der Waals surface area (Å²) in [5, 5.41) is 4.46. The second kappa shape index (κ2) is 8.53. The van der Waals surface area contributed by atoms with Crippen molar-refractivity contribution in [3.05, 3.63) is 89.2 Å². The van der Waals surface area contributed by atoms with Gasteiger partial charge in [0.1, 0.15) is 0 Å². The van der Waals surface area contributed by atoms with Crippen molar-refractivity contribution < 1.29 is 17.6 Å². The number of alkyl halides is 3. The maximum absolute atomic E-state index is 14.2. The van der Waals surface area contributed by atoms with Gasteiger partial charge in [-0.1, -0.05) is 6.07 Å². The first-order valence-electron chi connectivity index (χ1n) is 11.5. The van der Waals surface area contributed by atoms with Crippen molar-refractivity contribution in [3.8, 4) is 16.8 Å². The number of nitrogens with one attached hydrogen (secondary N) is 1. The lowest BCUT2D eigenvalue weighted by atomic mass is 10.0. The van der Waals surface area contributed by atoms with E-state index in [0.717, 1.165) is 17.2 Å². The van der Waals surface area contributed by atoms with Gasteiger partial charge in [-0.3, -0.25) is 14.3 Å². The van der Waals surface area contributed by atoms with Gasteiger partial charge in [0, 0.05) is 60.5 Å². The first-order chi connectivity index (χ1) is 17.4. The van der Waals surface area contributed by atoms with E-state index >= 15 is 0 Å². The Morgan fingerprint density at radius 3 is 2.53 bits per heavy atom. The number of pyridine rings is 2. The second-order valence-corrected chi connectivity index (χ2v) is 8.75. The molecule has 0 spiro atoms. The van der Waals surface area contributed by atoms with Crippen molar-refractivity contribution in [2.45, 2.75) is 6.18 Å². The third kappa shape index (κ3) is 3.81. The van der Waals surface area contributed by atoms with Gasteiger partial charge in [-0.2, -0.15) is 13.2 Å². The molecule has 182 valence electrons. The number of fused-ring (bicyclic) bond motifs is 3. The van der Waals surface area contributed by atoms with Crippen LogP contribution in [-0.4, -0.2) is 35.7 Å². The number of piperazine rings is 1. The zero-order valence-electron chi connectivity index (χ0n) is 19.0. The van der Waals surface area contributed by atoms with Crippen LogP contribution >= 0.6 is 0 Å². The van der Waals surface area contributed by atoms with Crippen LogP contribution in [0, 0.1) is 0 Å². The Morgan fingerprint density at radius 1 is 0.944 bits per heavy atom. The van der Waals surface area contributed by atoms with E-state index in [1.54, 1.807) is 35.8 Å². The molecular weight excluding hydrogens is 469 g/mol. The van der Waals surface area contributed by atoms with Crippen LogP contribution in [0.4, 0.5) is 18.9 Å². The molecule has 2 aromatic carbocycles. The van der Waals surface area contributed by atoms with E-state index in [9.17, 15) is 18.0 Å². The van der Waals surface area contributed by atoms with Gasteiger partial charge >= 0.3 is 6.18 Å². The lowest BCUT2D eigenvalue weighted by Gasteiger charge is -2.32. The predicted octanol–water partition coefficient (Wildman–Crippen LogP) is 5.23. The van der Waals surface area contributed by atoms with Crippen molar-refractivity contribution in [1.82, 2.24) is 14.9 Å². The fraction of sp³-hybridized carbons (Fsp3) is 0.185. The van der Waals surface area contributed by atoms with Crippen LogP contribution in [0.3, 0.4) is 0 Å². The molecule has 1 aliphatic heterocycles. The SMILES string of the molecule is O=c1ccc2cnc3ccc(-c4ccoc4)cc3c2n1-c1ccc(N2CCNCC2)c(C(F)(F)F)c1. The highest BCUT2D eigenvalue weighted by Crippen LogP contribution is 2.39. The smallest absolute Gasteiger partial charge is 0.418 e. The van der Waals surface area contributed by atoms with Crippen molar-refractivity contribution in [2.75, 3.05) is 31.1 Å². The Hall–Kier alpha value is -4.11. The number of benzene rings is 2. The van der Waals surface area contributed by atoms with Gasteiger partial charge in [-0.05, 0) is 48.0 Å². The predicted molar refractivity (Wildman–Crippen MR) is 133 cm³/mol. The molecule has 1 fully saturated rings. The summed E-state index contributed by atoms with van der Waals surface area (Å²) in [7, 11) is 0. The highest BCUT2D eigenvalue weighted by atomic mass is 19.4. The number of aromatic nitrogens is 2. The van der Waals surface area contributed by atoms with E-state index in [2.05, 4.69) is 10.3 Å². The molecule has 3 aromatic heterocycles. The van der Waals surface area contributed by atoms with Gasteiger partial charge in [-0.25, -0.2) is 0 Å². The average Bonchev–Trinajstić information content (AvgIpc) is 3.43. The van der Waals surface area contributed by atoms with Crippen molar-refractivity contribution in [2.24, 2.45) is 0 Å². The monoisotopic (exact) mass is 490 g/mol. The van der Waals surface area contributed by atoms with Crippen LogP contribution in [0.1, 0.15) is 5.56 Å². The maximum atomic E-state index is 14.2. The quantitative estimate of drug-likeness (QED) is 0.351. The lowest BCUT2D eigenvalue weighted by molar-refractivity contribution is -0.137. The number of hydrogen-bond donors (Lipinski definition) is 1. The minimum absolute atomic E-state index is 0.120. The summed E-state index contributed by atoms with van der Waals surface area (Å²) in [6.07, 6.45) is 0.222. The molecule has 6 nitrogen and oxygen atoms in total. The zero-order valence-corrected chi connectivity index (χ0v) is 19.0. The van der Waals surface area contributed by atoms with Crippen LogP contribution in [0.5, 0.6) is 0 Å². The molecule has 0 radical (unpaired) electrons. The molecule has 1 aliphatic rings. The summed E-state index contributed by atoms with van der Waals surface area (Å²) < 4.78 is 49.2. The average molecular weight is 490 g/mol. The first kappa shape index (κ1) is 22.4. The molecule has 0 bridgehead atoms. The van der Waals surface area contributed by atoms with Crippen molar-refractivity contribution in [1.29, 1.82) is 0 Å². The summed E-state index contributed by atoms with van der Waals surface area (Å²) >= 11 is 0. The fourth-order valence-electron chi connectivity index (χ4n) is 4.85. The van der Waals surface area contributed by atoms with Crippen LogP contribution in [-0.2, 0) is 6.18 Å². The molecule has 1 saturated heterocycles. The number of anilines is 1. The second-order valence-electron chi connectivity index (χ2n) is 8.75. The van der Waals surface area contributed by atoms with E-state index in [1.165, 1.54) is 16.7 Å². The van der Waals surface area contributed by atoms with E-state index in [-0.39, 0.29) is 11.4 Å². The lowest BCUT2D eigenvalue weighted by Crippen LogP contribution is -2.44. The van der Waals surface area contributed by atoms with E-state index < -0.39 is 17.3 Å². The highest BCUT2D eigenvalue weighted by molar-refractivity contribution is 6.05. The topological polar surface area (TPSA) is 63.3 Å². The molecule has 0 unspecified atom stereocenters. The minimum Gasteiger partial charge on any atom is -0.472 e. The largest absolute Gasteiger partial charge is 0.472 e. The van der Waals surface area contributed by atoms with Crippen LogP contribution in [0.2, 0.25) is 0 Å². The Bertz CT molecular complexity index is 1640.